The molecule has 0 radical (unpaired) electrons. The van der Waals surface area contributed by atoms with E-state index in [1.807, 2.05) is 0 Å². The average molecular weight is 248 g/mol. The van der Waals surface area contributed by atoms with E-state index < -0.39 is 7.65 Å². The molecule has 4 heteroatoms. The van der Waals surface area contributed by atoms with Crippen molar-refractivity contribution in [1.82, 2.24) is 4.67 Å². The highest BCUT2D eigenvalue weighted by Gasteiger charge is 2.54. The molecule has 3 aliphatic rings. The van der Waals surface area contributed by atoms with E-state index in [1.165, 1.54) is 44.9 Å². The van der Waals surface area contributed by atoms with Crippen LogP contribution in [0.1, 0.15) is 44.9 Å². The maximum Gasteiger partial charge on any atom is 0.207 e. The van der Waals surface area contributed by atoms with Crippen molar-refractivity contribution in [2.24, 2.45) is 5.92 Å². The fourth-order valence-corrected chi connectivity index (χ4v) is 5.84. The van der Waals surface area contributed by atoms with Crippen LogP contribution < -0.4 is 0 Å². The zero-order valence-electron chi connectivity index (χ0n) is 9.29. The third-order valence-corrected chi connectivity index (χ3v) is 6.82. The van der Waals surface area contributed by atoms with Gasteiger partial charge in [-0.3, -0.25) is 0 Å². The Morgan fingerprint density at radius 1 is 1.27 bits per heavy atom. The van der Waals surface area contributed by atoms with E-state index >= 15 is 0 Å². The lowest BCUT2D eigenvalue weighted by Crippen LogP contribution is -2.50. The van der Waals surface area contributed by atoms with Crippen LogP contribution in [0.2, 0.25) is 0 Å². The quantitative estimate of drug-likeness (QED) is 0.602. The number of halogens is 1. The minimum Gasteiger partial charge on any atom is -0.324 e. The number of hydrogen-bond acceptors (Lipinski definition) is 2. The zero-order valence-corrected chi connectivity index (χ0v) is 10.9. The third kappa shape index (κ3) is 1.57. The summed E-state index contributed by atoms with van der Waals surface area (Å²) in [6.45, 7) is 0. The highest BCUT2D eigenvalue weighted by molar-refractivity contribution is 7.78. The van der Waals surface area contributed by atoms with Crippen LogP contribution in [0.4, 0.5) is 0 Å². The molecule has 0 aromatic heterocycles. The van der Waals surface area contributed by atoms with Crippen LogP contribution in [0.5, 0.6) is 0 Å². The fraction of sp³-hybridized carbons (Fsp3) is 1.00. The molecule has 2 aliphatic carbocycles. The van der Waals surface area contributed by atoms with Crippen LogP contribution in [-0.4, -0.2) is 23.4 Å². The SMILES string of the molecule is CN1[C@H]2CCC[C@H]2C2(CCCC2)OP1Cl. The zero-order chi connectivity index (χ0) is 10.5. The Bertz CT molecular complexity index is 257. The van der Waals surface area contributed by atoms with E-state index in [2.05, 4.69) is 11.7 Å². The molecule has 1 unspecified atom stereocenters. The summed E-state index contributed by atoms with van der Waals surface area (Å²) in [5, 5.41) is 0. The van der Waals surface area contributed by atoms with Gasteiger partial charge in [0.25, 0.3) is 0 Å². The van der Waals surface area contributed by atoms with Crippen molar-refractivity contribution < 1.29 is 4.52 Å². The molecule has 3 fully saturated rings. The average Bonchev–Trinajstić information content (AvgIpc) is 2.82. The largest absolute Gasteiger partial charge is 0.324 e. The molecule has 1 heterocycles. The summed E-state index contributed by atoms with van der Waals surface area (Å²) in [7, 11) is 1.30. The second-order valence-electron chi connectivity index (χ2n) is 5.27. The number of hydrogen-bond donors (Lipinski definition) is 0. The summed E-state index contributed by atoms with van der Waals surface area (Å²) in [5.74, 6) is 0.766. The Hall–Kier alpha value is 0.640. The van der Waals surface area contributed by atoms with E-state index in [9.17, 15) is 0 Å². The topological polar surface area (TPSA) is 12.5 Å². The summed E-state index contributed by atoms with van der Waals surface area (Å²) in [6.07, 6.45) is 9.25. The van der Waals surface area contributed by atoms with E-state index in [-0.39, 0.29) is 5.60 Å². The third-order valence-electron chi connectivity index (χ3n) is 4.59. The van der Waals surface area contributed by atoms with Crippen molar-refractivity contribution in [2.45, 2.75) is 56.6 Å². The van der Waals surface area contributed by atoms with E-state index in [1.54, 1.807) is 0 Å². The van der Waals surface area contributed by atoms with E-state index in [0.717, 1.165) is 5.92 Å². The van der Waals surface area contributed by atoms with Gasteiger partial charge in [0.1, 0.15) is 0 Å². The summed E-state index contributed by atoms with van der Waals surface area (Å²) in [6, 6.07) is 0.709. The number of nitrogens with zero attached hydrogens (tertiary/aromatic N) is 1. The van der Waals surface area contributed by atoms with Gasteiger partial charge in [-0.25, -0.2) is 4.67 Å². The van der Waals surface area contributed by atoms with Crippen molar-refractivity contribution in [3.63, 3.8) is 0 Å². The molecule has 1 aliphatic heterocycles. The van der Waals surface area contributed by atoms with Gasteiger partial charge in [-0.05, 0) is 44.0 Å². The van der Waals surface area contributed by atoms with E-state index in [0.29, 0.717) is 6.04 Å². The number of fused-ring (bicyclic) bond motifs is 2. The summed E-state index contributed by atoms with van der Waals surface area (Å²) < 4.78 is 8.52. The molecule has 1 spiro atoms. The lowest BCUT2D eigenvalue weighted by atomic mass is 9.82. The van der Waals surface area contributed by atoms with Gasteiger partial charge in [0.15, 0.2) is 0 Å². The molecule has 3 atom stereocenters. The number of rotatable bonds is 0. The smallest absolute Gasteiger partial charge is 0.207 e. The molecule has 0 amide bonds. The maximum absolute atomic E-state index is 6.37. The van der Waals surface area contributed by atoms with Crippen LogP contribution in [-0.2, 0) is 4.52 Å². The molecule has 86 valence electrons. The van der Waals surface area contributed by atoms with Crippen molar-refractivity contribution in [3.05, 3.63) is 0 Å². The molecule has 0 N–H and O–H groups in total. The molecule has 1 saturated heterocycles. The van der Waals surface area contributed by atoms with Gasteiger partial charge in [0.05, 0.1) is 5.60 Å². The molecule has 2 saturated carbocycles. The Morgan fingerprint density at radius 3 is 2.73 bits per heavy atom. The molecule has 0 bridgehead atoms. The van der Waals surface area contributed by atoms with E-state index in [4.69, 9.17) is 15.8 Å². The Kier molecular flexibility index (Phi) is 2.76. The van der Waals surface area contributed by atoms with Gasteiger partial charge in [0.2, 0.25) is 7.65 Å². The van der Waals surface area contributed by atoms with Crippen LogP contribution >= 0.6 is 18.9 Å². The molecule has 0 aromatic rings. The molecule has 0 aromatic carbocycles. The van der Waals surface area contributed by atoms with Gasteiger partial charge in [-0.2, -0.15) is 0 Å². The Labute approximate surface area is 98.0 Å². The highest BCUT2D eigenvalue weighted by atomic mass is 35.7. The Balaban J connectivity index is 1.89. The molecule has 2 nitrogen and oxygen atoms in total. The fourth-order valence-electron chi connectivity index (χ4n) is 3.84. The molecular formula is C11H19ClNOP. The summed E-state index contributed by atoms with van der Waals surface area (Å²) in [5.41, 5.74) is 0.182. The minimum atomic E-state index is -0.839. The minimum absolute atomic E-state index is 0.182. The first-order valence-electron chi connectivity index (χ1n) is 6.11. The normalized spacial score (nSPS) is 44.8. The second-order valence-corrected chi connectivity index (χ2v) is 7.40. The maximum atomic E-state index is 6.37. The molecule has 15 heavy (non-hydrogen) atoms. The van der Waals surface area contributed by atoms with Gasteiger partial charge >= 0.3 is 0 Å². The van der Waals surface area contributed by atoms with Gasteiger partial charge in [0, 0.05) is 12.0 Å². The monoisotopic (exact) mass is 247 g/mol. The lowest BCUT2D eigenvalue weighted by molar-refractivity contribution is -0.0237. The first kappa shape index (κ1) is 10.8. The highest BCUT2D eigenvalue weighted by Crippen LogP contribution is 2.64. The van der Waals surface area contributed by atoms with Crippen LogP contribution in [0.3, 0.4) is 0 Å². The second kappa shape index (κ2) is 3.84. The first-order chi connectivity index (χ1) is 7.23. The van der Waals surface area contributed by atoms with Gasteiger partial charge in [-0.1, -0.05) is 19.3 Å². The standard InChI is InChI=1S/C11H19ClNOP/c1-13-10-6-4-5-9(10)11(14-15(13)12)7-2-3-8-11/h9-10H,2-8H2,1H3/t9-,10+,15?/m1/s1. The molecule has 3 rings (SSSR count). The van der Waals surface area contributed by atoms with Crippen molar-refractivity contribution >= 4 is 18.9 Å². The van der Waals surface area contributed by atoms with Crippen LogP contribution in [0.15, 0.2) is 0 Å². The first-order valence-corrected chi connectivity index (χ1v) is 8.22. The van der Waals surface area contributed by atoms with Gasteiger partial charge < -0.3 is 4.52 Å². The molecular weight excluding hydrogens is 229 g/mol. The lowest BCUT2D eigenvalue weighted by Gasteiger charge is -2.49. The Morgan fingerprint density at radius 2 is 2.00 bits per heavy atom. The van der Waals surface area contributed by atoms with Crippen LogP contribution in [0, 0.1) is 5.92 Å². The van der Waals surface area contributed by atoms with Crippen molar-refractivity contribution in [3.8, 4) is 0 Å². The van der Waals surface area contributed by atoms with Gasteiger partial charge in [-0.15, -0.1) is 0 Å². The summed E-state index contributed by atoms with van der Waals surface area (Å²) >= 11 is 6.37. The van der Waals surface area contributed by atoms with Crippen molar-refractivity contribution in [2.75, 3.05) is 7.05 Å². The predicted octanol–water partition coefficient (Wildman–Crippen LogP) is 3.90. The van der Waals surface area contributed by atoms with Crippen LogP contribution in [0.25, 0.3) is 0 Å². The van der Waals surface area contributed by atoms with Crippen molar-refractivity contribution in [1.29, 1.82) is 0 Å². The summed E-state index contributed by atoms with van der Waals surface area (Å²) in [4.78, 5) is 0. The predicted molar refractivity (Wildman–Crippen MR) is 63.9 cm³/mol.